The quantitative estimate of drug-likeness (QED) is 0.389. The number of hydrogen-bond acceptors (Lipinski definition) is 4. The van der Waals surface area contributed by atoms with Crippen LogP contribution >= 0.6 is 0 Å². The van der Waals surface area contributed by atoms with Gasteiger partial charge >= 0.3 is 0 Å². The molecule has 1 saturated heterocycles. The van der Waals surface area contributed by atoms with Gasteiger partial charge in [0.2, 0.25) is 5.91 Å². The summed E-state index contributed by atoms with van der Waals surface area (Å²) in [5.74, 6) is 0.822. The molecule has 1 fully saturated rings. The number of ether oxygens (including phenoxy) is 1. The monoisotopic (exact) mass is 327 g/mol. The molecule has 1 aliphatic rings. The Kier molecular flexibility index (Phi) is 8.94. The van der Waals surface area contributed by atoms with E-state index in [0.29, 0.717) is 19.2 Å². The highest BCUT2D eigenvalue weighted by atomic mass is 16.5. The highest BCUT2D eigenvalue weighted by molar-refractivity contribution is 5.85. The topological polar surface area (TPSA) is 60.4 Å². The van der Waals surface area contributed by atoms with Crippen molar-refractivity contribution in [2.75, 3.05) is 67.1 Å². The second kappa shape index (κ2) is 10.4. The molecule has 1 amide bonds. The molecule has 0 spiro atoms. The third-order valence-electron chi connectivity index (χ3n) is 4.24. The van der Waals surface area contributed by atoms with Crippen molar-refractivity contribution in [3.8, 4) is 0 Å². The van der Waals surface area contributed by atoms with E-state index in [2.05, 4.69) is 34.0 Å². The highest BCUT2D eigenvalue weighted by Gasteiger charge is 2.28. The maximum Gasteiger partial charge on any atom is 0.243 e. The number of guanidine groups is 1. The molecule has 1 aliphatic heterocycles. The van der Waals surface area contributed by atoms with Crippen molar-refractivity contribution in [1.29, 1.82) is 0 Å². The maximum absolute atomic E-state index is 11.8. The van der Waals surface area contributed by atoms with Crippen molar-refractivity contribution in [2.45, 2.75) is 26.3 Å². The zero-order valence-electron chi connectivity index (χ0n) is 15.3. The Morgan fingerprint density at radius 2 is 2.04 bits per heavy atom. The fourth-order valence-corrected chi connectivity index (χ4v) is 2.79. The Hall–Kier alpha value is -1.34. The van der Waals surface area contributed by atoms with Gasteiger partial charge in [-0.2, -0.15) is 0 Å². The molecule has 0 saturated carbocycles. The van der Waals surface area contributed by atoms with Crippen LogP contribution in [0.2, 0.25) is 0 Å². The maximum atomic E-state index is 11.8. The summed E-state index contributed by atoms with van der Waals surface area (Å²) in [6.07, 6.45) is 1.13. The first-order chi connectivity index (χ1) is 11.0. The van der Waals surface area contributed by atoms with Gasteiger partial charge in [-0.15, -0.1) is 0 Å². The van der Waals surface area contributed by atoms with Crippen LogP contribution < -0.4 is 5.32 Å². The molecule has 7 nitrogen and oxygen atoms in total. The van der Waals surface area contributed by atoms with Gasteiger partial charge in [0.05, 0.1) is 6.61 Å². The number of rotatable bonds is 8. The van der Waals surface area contributed by atoms with Crippen LogP contribution in [0.15, 0.2) is 4.99 Å². The average Bonchev–Trinajstić information content (AvgIpc) is 3.01. The molecule has 1 rings (SSSR count). The second-order valence-corrected chi connectivity index (χ2v) is 5.96. The summed E-state index contributed by atoms with van der Waals surface area (Å²) in [4.78, 5) is 22.6. The number of amides is 1. The number of likely N-dealkylation sites (N-methyl/N-ethyl adjacent to an activating group) is 2. The van der Waals surface area contributed by atoms with Crippen molar-refractivity contribution in [3.05, 3.63) is 0 Å². The summed E-state index contributed by atoms with van der Waals surface area (Å²) < 4.78 is 5.09. The summed E-state index contributed by atoms with van der Waals surface area (Å²) in [6.45, 7) is 9.95. The van der Waals surface area contributed by atoms with Crippen LogP contribution in [0.25, 0.3) is 0 Å². The molecule has 0 bridgehead atoms. The molecular weight excluding hydrogens is 294 g/mol. The van der Waals surface area contributed by atoms with Crippen molar-refractivity contribution in [2.24, 2.45) is 4.99 Å². The van der Waals surface area contributed by atoms with Crippen molar-refractivity contribution in [3.63, 3.8) is 0 Å². The van der Waals surface area contributed by atoms with Crippen LogP contribution in [0.5, 0.6) is 0 Å². The largest absolute Gasteiger partial charge is 0.383 e. The number of likely N-dealkylation sites (tertiary alicyclic amines) is 1. The smallest absolute Gasteiger partial charge is 0.243 e. The van der Waals surface area contributed by atoms with Crippen LogP contribution in [0.1, 0.15) is 20.3 Å². The first-order valence-electron chi connectivity index (χ1n) is 8.49. The number of carbonyl (C=O) groups excluding carboxylic acids is 1. The van der Waals surface area contributed by atoms with E-state index in [1.165, 1.54) is 0 Å². The van der Waals surface area contributed by atoms with Gasteiger partial charge < -0.3 is 19.9 Å². The molecule has 0 aromatic heterocycles. The summed E-state index contributed by atoms with van der Waals surface area (Å²) >= 11 is 0. The van der Waals surface area contributed by atoms with Gasteiger partial charge in [-0.3, -0.25) is 9.69 Å². The van der Waals surface area contributed by atoms with E-state index < -0.39 is 0 Å². The minimum atomic E-state index is 0.00975. The van der Waals surface area contributed by atoms with Crippen molar-refractivity contribution < 1.29 is 9.53 Å². The van der Waals surface area contributed by atoms with Gasteiger partial charge in [-0.05, 0) is 19.5 Å². The van der Waals surface area contributed by atoms with Gasteiger partial charge in [0.15, 0.2) is 5.96 Å². The zero-order chi connectivity index (χ0) is 17.2. The summed E-state index contributed by atoms with van der Waals surface area (Å²) in [5, 5.41) is 3.31. The molecule has 0 aromatic carbocycles. The number of hydrogen-bond donors (Lipinski definition) is 1. The Morgan fingerprint density at radius 1 is 1.35 bits per heavy atom. The molecule has 1 N–H and O–H groups in total. The molecule has 0 aliphatic carbocycles. The molecule has 1 atom stereocenters. The first-order valence-corrected chi connectivity index (χ1v) is 8.49. The third-order valence-corrected chi connectivity index (χ3v) is 4.24. The number of methoxy groups -OCH3 is 1. The van der Waals surface area contributed by atoms with E-state index in [-0.39, 0.29) is 12.5 Å². The predicted molar refractivity (Wildman–Crippen MR) is 93.8 cm³/mol. The number of aliphatic imine (C=N–C) groups is 1. The second-order valence-electron chi connectivity index (χ2n) is 5.96. The zero-order valence-corrected chi connectivity index (χ0v) is 15.3. The third kappa shape index (κ3) is 6.35. The van der Waals surface area contributed by atoms with Crippen LogP contribution in [0.4, 0.5) is 0 Å². The Bertz CT molecular complexity index is 383. The summed E-state index contributed by atoms with van der Waals surface area (Å²) in [5.41, 5.74) is 0. The Labute approximate surface area is 140 Å². The Morgan fingerprint density at radius 3 is 2.61 bits per heavy atom. The molecule has 134 valence electrons. The highest BCUT2D eigenvalue weighted by Crippen LogP contribution is 2.15. The number of nitrogens with one attached hydrogen (secondary N) is 1. The van der Waals surface area contributed by atoms with Gasteiger partial charge in [0, 0.05) is 46.9 Å². The number of carbonyl (C=O) groups is 1. The average molecular weight is 327 g/mol. The molecular formula is C16H33N5O2. The number of nitrogens with zero attached hydrogens (tertiary/aromatic N) is 4. The van der Waals surface area contributed by atoms with Crippen LogP contribution in [0.3, 0.4) is 0 Å². The minimum absolute atomic E-state index is 0.00975. The van der Waals surface area contributed by atoms with Crippen LogP contribution in [0, 0.1) is 0 Å². The minimum Gasteiger partial charge on any atom is -0.383 e. The lowest BCUT2D eigenvalue weighted by molar-refractivity contribution is -0.127. The van der Waals surface area contributed by atoms with Crippen molar-refractivity contribution in [1.82, 2.24) is 20.0 Å². The Balaban J connectivity index is 2.68. The molecule has 23 heavy (non-hydrogen) atoms. The predicted octanol–water partition coefficient (Wildman–Crippen LogP) is 0.0827. The normalized spacial score (nSPS) is 18.6. The fourth-order valence-electron chi connectivity index (χ4n) is 2.79. The van der Waals surface area contributed by atoms with Crippen LogP contribution in [-0.4, -0.2) is 99.7 Å². The summed E-state index contributed by atoms with van der Waals surface area (Å²) in [6, 6.07) is 0.559. The van der Waals surface area contributed by atoms with E-state index in [0.717, 1.165) is 38.6 Å². The fraction of sp³-hybridized carbons (Fsp3) is 0.875. The van der Waals surface area contributed by atoms with Gasteiger partial charge in [0.25, 0.3) is 0 Å². The van der Waals surface area contributed by atoms with E-state index in [1.807, 2.05) is 0 Å². The lowest BCUT2D eigenvalue weighted by Gasteiger charge is -2.27. The van der Waals surface area contributed by atoms with E-state index >= 15 is 0 Å². The van der Waals surface area contributed by atoms with E-state index in [9.17, 15) is 4.79 Å². The molecule has 0 aromatic rings. The lowest BCUT2D eigenvalue weighted by Crippen LogP contribution is -2.44. The SMILES string of the molecule is CCN(CC)C1CCN(C(=NCC(=O)N(C)C)NCCOC)C1. The molecule has 0 radical (unpaired) electrons. The van der Waals surface area contributed by atoms with Gasteiger partial charge in [-0.25, -0.2) is 4.99 Å². The van der Waals surface area contributed by atoms with Crippen molar-refractivity contribution >= 4 is 11.9 Å². The molecule has 1 unspecified atom stereocenters. The standard InChI is InChI=1S/C16H33N5O2/c1-6-20(7-2)14-8-10-21(13-14)16(17-9-11-23-5)18-12-15(22)19(3)4/h14H,6-13H2,1-5H3,(H,17,18). The van der Waals surface area contributed by atoms with E-state index in [4.69, 9.17) is 4.74 Å². The summed E-state index contributed by atoms with van der Waals surface area (Å²) in [7, 11) is 5.19. The van der Waals surface area contributed by atoms with Crippen LogP contribution in [-0.2, 0) is 9.53 Å². The molecule has 7 heteroatoms. The lowest BCUT2D eigenvalue weighted by atomic mass is 10.2. The van der Waals surface area contributed by atoms with Gasteiger partial charge in [0.1, 0.15) is 6.54 Å². The molecule has 1 heterocycles. The van der Waals surface area contributed by atoms with Gasteiger partial charge in [-0.1, -0.05) is 13.8 Å². The first kappa shape index (κ1) is 19.7. The van der Waals surface area contributed by atoms with E-state index in [1.54, 1.807) is 26.1 Å².